The highest BCUT2D eigenvalue weighted by Gasteiger charge is 2.40. The first-order valence-electron chi connectivity index (χ1n) is 6.72. The standard InChI is InChI=1S/C12H19N3O4S/c1-2-10-15(8(6-20-10)11(17)18)12(19)13-5-9(16)14-7-3-4-7/h7-8,10H,2-6H2,1H3,(H,13,19)(H,14,16)(H,17,18). The zero-order valence-electron chi connectivity index (χ0n) is 11.3. The van der Waals surface area contributed by atoms with Gasteiger partial charge in [0.15, 0.2) is 0 Å². The molecule has 0 aromatic carbocycles. The van der Waals surface area contributed by atoms with Crippen molar-refractivity contribution in [1.29, 1.82) is 0 Å². The number of hydrogen-bond donors (Lipinski definition) is 3. The third-order valence-electron chi connectivity index (χ3n) is 3.30. The summed E-state index contributed by atoms with van der Waals surface area (Å²) in [7, 11) is 0. The maximum absolute atomic E-state index is 12.1. The van der Waals surface area contributed by atoms with Gasteiger partial charge >= 0.3 is 12.0 Å². The van der Waals surface area contributed by atoms with Crippen LogP contribution in [0.1, 0.15) is 26.2 Å². The van der Waals surface area contributed by atoms with Crippen LogP contribution in [0.2, 0.25) is 0 Å². The summed E-state index contributed by atoms with van der Waals surface area (Å²) in [5.74, 6) is -0.853. The first kappa shape index (κ1) is 15.0. The van der Waals surface area contributed by atoms with E-state index in [9.17, 15) is 14.4 Å². The molecule has 1 saturated carbocycles. The van der Waals surface area contributed by atoms with E-state index in [1.165, 1.54) is 16.7 Å². The third kappa shape index (κ3) is 3.56. The highest BCUT2D eigenvalue weighted by Crippen LogP contribution is 2.31. The van der Waals surface area contributed by atoms with Gasteiger partial charge in [0.05, 0.1) is 11.9 Å². The molecule has 1 aliphatic carbocycles. The SMILES string of the molecule is CCC1SCC(C(=O)O)N1C(=O)NCC(=O)NC1CC1. The van der Waals surface area contributed by atoms with Crippen molar-refractivity contribution in [2.24, 2.45) is 0 Å². The fraction of sp³-hybridized carbons (Fsp3) is 0.750. The number of carboxylic acid groups (broad SMARTS) is 1. The van der Waals surface area contributed by atoms with Crippen LogP contribution >= 0.6 is 11.8 Å². The van der Waals surface area contributed by atoms with E-state index in [4.69, 9.17) is 5.11 Å². The van der Waals surface area contributed by atoms with Gasteiger partial charge in [-0.2, -0.15) is 0 Å². The molecule has 1 heterocycles. The Morgan fingerprint density at radius 3 is 2.60 bits per heavy atom. The Bertz CT molecular complexity index is 414. The predicted octanol–water partition coefficient (Wildman–Crippen LogP) is 0.213. The smallest absolute Gasteiger partial charge is 0.327 e. The molecular weight excluding hydrogens is 282 g/mol. The number of carbonyl (C=O) groups is 3. The Morgan fingerprint density at radius 2 is 2.05 bits per heavy atom. The van der Waals surface area contributed by atoms with Crippen LogP contribution in [0.15, 0.2) is 0 Å². The van der Waals surface area contributed by atoms with Gasteiger partial charge in [-0.3, -0.25) is 9.69 Å². The van der Waals surface area contributed by atoms with E-state index in [0.29, 0.717) is 12.2 Å². The van der Waals surface area contributed by atoms with E-state index in [1.54, 1.807) is 0 Å². The molecule has 20 heavy (non-hydrogen) atoms. The molecule has 0 spiro atoms. The molecule has 2 fully saturated rings. The Labute approximate surface area is 121 Å². The molecule has 1 aliphatic heterocycles. The molecule has 3 N–H and O–H groups in total. The maximum atomic E-state index is 12.1. The lowest BCUT2D eigenvalue weighted by molar-refractivity contribution is -0.141. The molecule has 2 aliphatic rings. The Morgan fingerprint density at radius 1 is 1.35 bits per heavy atom. The van der Waals surface area contributed by atoms with Crippen molar-refractivity contribution >= 4 is 29.7 Å². The average molecular weight is 301 g/mol. The number of carbonyl (C=O) groups excluding carboxylic acids is 2. The summed E-state index contributed by atoms with van der Waals surface area (Å²) in [5, 5.41) is 14.3. The lowest BCUT2D eigenvalue weighted by Gasteiger charge is -2.26. The fourth-order valence-electron chi connectivity index (χ4n) is 2.09. The number of carboxylic acids is 1. The predicted molar refractivity (Wildman–Crippen MR) is 74.4 cm³/mol. The van der Waals surface area contributed by atoms with Gasteiger partial charge in [-0.25, -0.2) is 9.59 Å². The van der Waals surface area contributed by atoms with Crippen LogP contribution in [0.4, 0.5) is 4.79 Å². The van der Waals surface area contributed by atoms with E-state index in [1.807, 2.05) is 6.92 Å². The van der Waals surface area contributed by atoms with Crippen LogP contribution in [0.3, 0.4) is 0 Å². The molecule has 0 bridgehead atoms. The van der Waals surface area contributed by atoms with E-state index in [-0.39, 0.29) is 23.9 Å². The molecular formula is C12H19N3O4S. The van der Waals surface area contributed by atoms with E-state index < -0.39 is 18.0 Å². The summed E-state index contributed by atoms with van der Waals surface area (Å²) in [6, 6.07) is -1.06. The van der Waals surface area contributed by atoms with Crippen molar-refractivity contribution in [3.8, 4) is 0 Å². The lowest BCUT2D eigenvalue weighted by Crippen LogP contribution is -2.51. The molecule has 8 heteroatoms. The number of nitrogens with one attached hydrogen (secondary N) is 2. The third-order valence-corrected chi connectivity index (χ3v) is 4.76. The van der Waals surface area contributed by atoms with Gasteiger partial charge in [0.25, 0.3) is 0 Å². The Kier molecular flexibility index (Phi) is 4.74. The van der Waals surface area contributed by atoms with Gasteiger partial charge in [-0.15, -0.1) is 11.8 Å². The van der Waals surface area contributed by atoms with Crippen molar-refractivity contribution in [2.75, 3.05) is 12.3 Å². The molecule has 7 nitrogen and oxygen atoms in total. The summed E-state index contributed by atoms with van der Waals surface area (Å²) < 4.78 is 0. The molecule has 0 radical (unpaired) electrons. The number of rotatable bonds is 5. The van der Waals surface area contributed by atoms with Crippen LogP contribution in [-0.2, 0) is 9.59 Å². The number of thioether (sulfide) groups is 1. The summed E-state index contributed by atoms with van der Waals surface area (Å²) in [5.41, 5.74) is 0. The summed E-state index contributed by atoms with van der Waals surface area (Å²) in [6.07, 6.45) is 2.65. The minimum absolute atomic E-state index is 0.112. The van der Waals surface area contributed by atoms with Crippen LogP contribution < -0.4 is 10.6 Å². The molecule has 112 valence electrons. The minimum atomic E-state index is -1.01. The van der Waals surface area contributed by atoms with E-state index in [0.717, 1.165) is 12.8 Å². The van der Waals surface area contributed by atoms with Crippen molar-refractivity contribution in [3.63, 3.8) is 0 Å². The Balaban J connectivity index is 1.87. The molecule has 3 amide bonds. The van der Waals surface area contributed by atoms with Gasteiger partial charge in [-0.05, 0) is 19.3 Å². The highest BCUT2D eigenvalue weighted by atomic mass is 32.2. The zero-order valence-corrected chi connectivity index (χ0v) is 12.1. The molecule has 2 unspecified atom stereocenters. The molecule has 0 aromatic heterocycles. The van der Waals surface area contributed by atoms with Crippen LogP contribution in [-0.4, -0.2) is 57.7 Å². The first-order chi connectivity index (χ1) is 9.52. The summed E-state index contributed by atoms with van der Waals surface area (Å²) >= 11 is 1.45. The van der Waals surface area contributed by atoms with Crippen LogP contribution in [0.5, 0.6) is 0 Å². The number of aliphatic carboxylic acids is 1. The molecule has 0 aromatic rings. The molecule has 2 rings (SSSR count). The zero-order chi connectivity index (χ0) is 14.7. The molecule has 1 saturated heterocycles. The second-order valence-electron chi connectivity index (χ2n) is 4.96. The number of urea groups is 1. The number of nitrogens with zero attached hydrogens (tertiary/aromatic N) is 1. The largest absolute Gasteiger partial charge is 0.480 e. The van der Waals surface area contributed by atoms with Crippen molar-refractivity contribution in [3.05, 3.63) is 0 Å². The second kappa shape index (κ2) is 6.34. The first-order valence-corrected chi connectivity index (χ1v) is 7.77. The minimum Gasteiger partial charge on any atom is -0.480 e. The molecule has 2 atom stereocenters. The summed E-state index contributed by atoms with van der Waals surface area (Å²) in [4.78, 5) is 36.1. The van der Waals surface area contributed by atoms with Gasteiger partial charge in [-0.1, -0.05) is 6.92 Å². The van der Waals surface area contributed by atoms with Gasteiger partial charge in [0.2, 0.25) is 5.91 Å². The quantitative estimate of drug-likeness (QED) is 0.674. The van der Waals surface area contributed by atoms with Crippen molar-refractivity contribution in [2.45, 2.75) is 43.6 Å². The van der Waals surface area contributed by atoms with Gasteiger partial charge < -0.3 is 15.7 Å². The van der Waals surface area contributed by atoms with Gasteiger partial charge in [0.1, 0.15) is 6.04 Å². The van der Waals surface area contributed by atoms with Crippen LogP contribution in [0, 0.1) is 0 Å². The maximum Gasteiger partial charge on any atom is 0.327 e. The topological polar surface area (TPSA) is 98.7 Å². The van der Waals surface area contributed by atoms with Crippen molar-refractivity contribution < 1.29 is 19.5 Å². The van der Waals surface area contributed by atoms with E-state index >= 15 is 0 Å². The normalized spacial score (nSPS) is 25.4. The Hall–Kier alpha value is -1.44. The summed E-state index contributed by atoms with van der Waals surface area (Å²) in [6.45, 7) is 1.79. The second-order valence-corrected chi connectivity index (χ2v) is 6.17. The number of hydrogen-bond acceptors (Lipinski definition) is 4. The highest BCUT2D eigenvalue weighted by molar-refractivity contribution is 8.00. The van der Waals surface area contributed by atoms with Gasteiger partial charge in [0, 0.05) is 11.8 Å². The fourth-order valence-corrected chi connectivity index (χ4v) is 3.44. The number of amides is 3. The van der Waals surface area contributed by atoms with Crippen LogP contribution in [0.25, 0.3) is 0 Å². The average Bonchev–Trinajstić information content (AvgIpc) is 3.10. The lowest BCUT2D eigenvalue weighted by atomic mass is 10.3. The van der Waals surface area contributed by atoms with Crippen molar-refractivity contribution in [1.82, 2.24) is 15.5 Å². The van der Waals surface area contributed by atoms with E-state index in [2.05, 4.69) is 10.6 Å². The monoisotopic (exact) mass is 301 g/mol.